The van der Waals surface area contributed by atoms with Crippen molar-refractivity contribution >= 4 is 23.5 Å². The maximum absolute atomic E-state index is 12.4. The molecule has 1 saturated heterocycles. The summed E-state index contributed by atoms with van der Waals surface area (Å²) in [6, 6.07) is 10.9. The number of ether oxygens (including phenoxy) is 1. The van der Waals surface area contributed by atoms with Gasteiger partial charge >= 0.3 is 5.97 Å². The number of carbonyl (C=O) groups excluding carboxylic acids is 3. The lowest BCUT2D eigenvalue weighted by Crippen LogP contribution is -2.39. The van der Waals surface area contributed by atoms with Gasteiger partial charge in [0.15, 0.2) is 6.61 Å². The molecule has 1 heterocycles. The minimum Gasteiger partial charge on any atom is -0.454 e. The Morgan fingerprint density at radius 1 is 1.19 bits per heavy atom. The summed E-state index contributed by atoms with van der Waals surface area (Å²) in [5, 5.41) is 8.78. The van der Waals surface area contributed by atoms with E-state index in [4.69, 9.17) is 10.00 Å². The molecule has 1 aromatic carbocycles. The van der Waals surface area contributed by atoms with E-state index in [2.05, 4.69) is 0 Å². The first kappa shape index (κ1) is 19.4. The average Bonchev–Trinajstić information content (AvgIpc) is 2.85. The number of para-hydroxylation sites is 1. The first-order valence-electron chi connectivity index (χ1n) is 8.77. The second-order valence-corrected chi connectivity index (χ2v) is 6.08. The van der Waals surface area contributed by atoms with Gasteiger partial charge in [0.05, 0.1) is 12.5 Å². The standard InChI is InChI=1S/C19H23N3O4/c20-11-7-13-22(16-8-3-1-4-9-16)18(24)15-26-19(25)14-21-12-6-2-5-10-17(21)23/h1,3-4,8-9H,2,5-7,10,12-15H2. The van der Waals surface area contributed by atoms with E-state index in [1.807, 2.05) is 12.1 Å². The number of benzene rings is 1. The van der Waals surface area contributed by atoms with Crippen molar-refractivity contribution in [3.05, 3.63) is 30.3 Å². The van der Waals surface area contributed by atoms with Crippen molar-refractivity contribution in [2.75, 3.05) is 31.1 Å². The minimum absolute atomic E-state index is 0.0503. The molecular weight excluding hydrogens is 334 g/mol. The van der Waals surface area contributed by atoms with Crippen LogP contribution in [0.1, 0.15) is 32.1 Å². The molecule has 26 heavy (non-hydrogen) atoms. The molecule has 0 aliphatic carbocycles. The molecule has 0 atom stereocenters. The van der Waals surface area contributed by atoms with E-state index >= 15 is 0 Å². The fraction of sp³-hybridized carbons (Fsp3) is 0.474. The summed E-state index contributed by atoms with van der Waals surface area (Å²) in [5.41, 5.74) is 0.645. The molecule has 1 aliphatic rings. The van der Waals surface area contributed by atoms with Gasteiger partial charge in [-0.1, -0.05) is 24.6 Å². The van der Waals surface area contributed by atoms with Crippen molar-refractivity contribution in [3.63, 3.8) is 0 Å². The quantitative estimate of drug-likeness (QED) is 0.695. The molecule has 0 radical (unpaired) electrons. The third-order valence-corrected chi connectivity index (χ3v) is 4.16. The number of likely N-dealkylation sites (tertiary alicyclic amines) is 1. The molecule has 0 saturated carbocycles. The van der Waals surface area contributed by atoms with E-state index in [9.17, 15) is 14.4 Å². The number of hydrogen-bond acceptors (Lipinski definition) is 5. The summed E-state index contributed by atoms with van der Waals surface area (Å²) in [5.74, 6) is -1.05. The molecule has 1 fully saturated rings. The van der Waals surface area contributed by atoms with Crippen molar-refractivity contribution in [1.29, 1.82) is 5.26 Å². The molecule has 138 valence electrons. The number of carbonyl (C=O) groups is 3. The van der Waals surface area contributed by atoms with Gasteiger partial charge in [0.1, 0.15) is 6.54 Å². The van der Waals surface area contributed by atoms with Crippen LogP contribution in [-0.2, 0) is 19.1 Å². The van der Waals surface area contributed by atoms with Gasteiger partial charge in [-0.2, -0.15) is 5.26 Å². The number of amides is 2. The van der Waals surface area contributed by atoms with Gasteiger partial charge in [-0.25, -0.2) is 0 Å². The summed E-state index contributed by atoms with van der Waals surface area (Å²) in [6.07, 6.45) is 3.31. The Labute approximate surface area is 153 Å². The van der Waals surface area contributed by atoms with Gasteiger partial charge in [0.2, 0.25) is 5.91 Å². The van der Waals surface area contributed by atoms with Gasteiger partial charge < -0.3 is 14.5 Å². The fourth-order valence-electron chi connectivity index (χ4n) is 2.79. The maximum Gasteiger partial charge on any atom is 0.326 e. The van der Waals surface area contributed by atoms with Gasteiger partial charge in [-0.05, 0) is 25.0 Å². The van der Waals surface area contributed by atoms with E-state index in [-0.39, 0.29) is 25.4 Å². The molecule has 7 nitrogen and oxygen atoms in total. The molecule has 1 aromatic rings. The molecule has 7 heteroatoms. The Bertz CT molecular complexity index is 669. The van der Waals surface area contributed by atoms with Crippen LogP contribution in [0.4, 0.5) is 5.69 Å². The van der Waals surface area contributed by atoms with E-state index in [0.717, 1.165) is 19.3 Å². The largest absolute Gasteiger partial charge is 0.454 e. The second-order valence-electron chi connectivity index (χ2n) is 6.08. The average molecular weight is 357 g/mol. The summed E-state index contributed by atoms with van der Waals surface area (Å²) >= 11 is 0. The van der Waals surface area contributed by atoms with Crippen LogP contribution in [-0.4, -0.2) is 48.9 Å². The zero-order valence-electron chi connectivity index (χ0n) is 14.7. The van der Waals surface area contributed by atoms with Gasteiger partial charge in [-0.15, -0.1) is 0 Å². The molecule has 2 amide bonds. The van der Waals surface area contributed by atoms with Gasteiger partial charge in [0, 0.05) is 25.2 Å². The lowest BCUT2D eigenvalue weighted by Gasteiger charge is -2.22. The topological polar surface area (TPSA) is 90.7 Å². The van der Waals surface area contributed by atoms with Crippen LogP contribution in [0.2, 0.25) is 0 Å². The third-order valence-electron chi connectivity index (χ3n) is 4.16. The summed E-state index contributed by atoms with van der Waals surface area (Å²) in [7, 11) is 0. The van der Waals surface area contributed by atoms with Crippen molar-refractivity contribution in [2.45, 2.75) is 32.1 Å². The van der Waals surface area contributed by atoms with Crippen molar-refractivity contribution in [1.82, 2.24) is 4.90 Å². The Balaban J connectivity index is 1.89. The van der Waals surface area contributed by atoms with Gasteiger partial charge in [-0.3, -0.25) is 14.4 Å². The van der Waals surface area contributed by atoms with Crippen molar-refractivity contribution < 1.29 is 19.1 Å². The number of anilines is 1. The predicted octanol–water partition coefficient (Wildman–Crippen LogP) is 1.88. The number of nitriles is 1. The summed E-state index contributed by atoms with van der Waals surface area (Å²) < 4.78 is 5.07. The monoisotopic (exact) mass is 357 g/mol. The third kappa shape index (κ3) is 5.88. The van der Waals surface area contributed by atoms with E-state index in [1.54, 1.807) is 24.3 Å². The Morgan fingerprint density at radius 2 is 1.96 bits per heavy atom. The smallest absolute Gasteiger partial charge is 0.326 e. The molecule has 1 aliphatic heterocycles. The number of esters is 1. The molecular formula is C19H23N3O4. The predicted molar refractivity (Wildman–Crippen MR) is 95.0 cm³/mol. The van der Waals surface area contributed by atoms with E-state index in [1.165, 1.54) is 9.80 Å². The first-order valence-corrected chi connectivity index (χ1v) is 8.77. The van der Waals surface area contributed by atoms with Crippen LogP contribution in [0.5, 0.6) is 0 Å². The summed E-state index contributed by atoms with van der Waals surface area (Å²) in [6.45, 7) is 0.221. The second kappa shape index (κ2) is 10.2. The Kier molecular flexibility index (Phi) is 7.62. The van der Waals surface area contributed by atoms with E-state index in [0.29, 0.717) is 18.7 Å². The molecule has 0 unspecified atom stereocenters. The van der Waals surface area contributed by atoms with E-state index < -0.39 is 18.5 Å². The molecule has 0 aromatic heterocycles. The Morgan fingerprint density at radius 3 is 2.69 bits per heavy atom. The fourth-order valence-corrected chi connectivity index (χ4v) is 2.79. The van der Waals surface area contributed by atoms with Crippen LogP contribution in [0.25, 0.3) is 0 Å². The Hall–Kier alpha value is -2.88. The van der Waals surface area contributed by atoms with Crippen LogP contribution in [0.3, 0.4) is 0 Å². The highest BCUT2D eigenvalue weighted by Gasteiger charge is 2.22. The molecule has 0 spiro atoms. The highest BCUT2D eigenvalue weighted by Crippen LogP contribution is 2.14. The SMILES string of the molecule is N#CCCN(C(=O)COC(=O)CN1CCCCCC1=O)c1ccccc1. The zero-order chi connectivity index (χ0) is 18.8. The maximum atomic E-state index is 12.4. The molecule has 0 bridgehead atoms. The van der Waals surface area contributed by atoms with Crippen LogP contribution in [0.15, 0.2) is 30.3 Å². The number of hydrogen-bond donors (Lipinski definition) is 0. The lowest BCUT2D eigenvalue weighted by atomic mass is 10.2. The molecule has 0 N–H and O–H groups in total. The highest BCUT2D eigenvalue weighted by molar-refractivity contribution is 5.95. The lowest BCUT2D eigenvalue weighted by molar-refractivity contribution is -0.151. The van der Waals surface area contributed by atoms with Crippen molar-refractivity contribution in [2.24, 2.45) is 0 Å². The number of nitrogens with zero attached hydrogens (tertiary/aromatic N) is 3. The van der Waals surface area contributed by atoms with Crippen LogP contribution >= 0.6 is 0 Å². The van der Waals surface area contributed by atoms with Crippen LogP contribution in [0, 0.1) is 11.3 Å². The normalized spacial score (nSPS) is 14.3. The minimum atomic E-state index is -0.595. The zero-order valence-corrected chi connectivity index (χ0v) is 14.7. The highest BCUT2D eigenvalue weighted by atomic mass is 16.5. The van der Waals surface area contributed by atoms with Crippen LogP contribution < -0.4 is 4.90 Å². The summed E-state index contributed by atoms with van der Waals surface area (Å²) in [4.78, 5) is 39.3. The van der Waals surface area contributed by atoms with Gasteiger partial charge in [0.25, 0.3) is 5.91 Å². The first-order chi connectivity index (χ1) is 12.6. The van der Waals surface area contributed by atoms with Crippen molar-refractivity contribution in [3.8, 4) is 6.07 Å². The number of rotatable bonds is 7. The molecule has 2 rings (SSSR count).